The molecule has 0 saturated carbocycles. The van der Waals surface area contributed by atoms with Gasteiger partial charge in [-0.05, 0) is 37.2 Å². The fourth-order valence-electron chi connectivity index (χ4n) is 1.38. The van der Waals surface area contributed by atoms with Gasteiger partial charge in [0.1, 0.15) is 0 Å². The van der Waals surface area contributed by atoms with E-state index in [0.717, 1.165) is 25.1 Å². The van der Waals surface area contributed by atoms with Crippen LogP contribution >= 0.6 is 12.2 Å². The Balaban J connectivity index is 2.26. The third-order valence-corrected chi connectivity index (χ3v) is 2.60. The fourth-order valence-corrected chi connectivity index (χ4v) is 1.66. The van der Waals surface area contributed by atoms with E-state index in [4.69, 9.17) is 17.0 Å². The molecule has 0 saturated heterocycles. The summed E-state index contributed by atoms with van der Waals surface area (Å²) < 4.78 is 4.96. The van der Waals surface area contributed by atoms with Gasteiger partial charge in [0.2, 0.25) is 0 Å². The number of thiocarbonyl (C=S) groups is 1. The average molecular weight is 253 g/mol. The quantitative estimate of drug-likeness (QED) is 0.596. The first kappa shape index (κ1) is 13.9. The summed E-state index contributed by atoms with van der Waals surface area (Å²) in [6.07, 6.45) is 4.54. The van der Waals surface area contributed by atoms with Gasteiger partial charge < -0.3 is 15.4 Å². The van der Waals surface area contributed by atoms with Crippen molar-refractivity contribution in [3.63, 3.8) is 0 Å². The zero-order valence-corrected chi connectivity index (χ0v) is 11.1. The Morgan fingerprint density at radius 3 is 3.06 bits per heavy atom. The first-order valence-corrected chi connectivity index (χ1v) is 6.08. The molecule has 0 amide bonds. The van der Waals surface area contributed by atoms with E-state index in [1.54, 1.807) is 13.3 Å². The van der Waals surface area contributed by atoms with Crippen molar-refractivity contribution in [3.8, 4) is 0 Å². The van der Waals surface area contributed by atoms with Crippen LogP contribution in [0.5, 0.6) is 0 Å². The second-order valence-electron chi connectivity index (χ2n) is 3.75. The molecule has 1 atom stereocenters. The molecule has 1 aromatic rings. The number of rotatable bonds is 6. The second kappa shape index (κ2) is 7.97. The van der Waals surface area contributed by atoms with Crippen LogP contribution in [0.3, 0.4) is 0 Å². The molecule has 1 rings (SSSR count). The van der Waals surface area contributed by atoms with Crippen molar-refractivity contribution in [2.24, 2.45) is 0 Å². The number of hydrogen-bond donors (Lipinski definition) is 2. The van der Waals surface area contributed by atoms with E-state index < -0.39 is 0 Å². The van der Waals surface area contributed by atoms with Crippen molar-refractivity contribution in [2.75, 3.05) is 20.3 Å². The number of ether oxygens (including phenoxy) is 1. The minimum absolute atomic E-state index is 0.158. The zero-order valence-electron chi connectivity index (χ0n) is 10.3. The van der Waals surface area contributed by atoms with Crippen molar-refractivity contribution in [3.05, 3.63) is 30.1 Å². The fraction of sp³-hybridized carbons (Fsp3) is 0.500. The van der Waals surface area contributed by atoms with Gasteiger partial charge in [0.15, 0.2) is 5.11 Å². The number of aromatic nitrogens is 1. The van der Waals surface area contributed by atoms with Crippen LogP contribution in [0.2, 0.25) is 0 Å². The molecular weight excluding hydrogens is 234 g/mol. The van der Waals surface area contributed by atoms with Crippen LogP contribution in [0.25, 0.3) is 0 Å². The number of methoxy groups -OCH3 is 1. The Morgan fingerprint density at radius 1 is 1.59 bits per heavy atom. The highest BCUT2D eigenvalue weighted by atomic mass is 32.1. The van der Waals surface area contributed by atoms with Crippen LogP contribution in [0.1, 0.15) is 24.9 Å². The molecule has 0 bridgehead atoms. The first-order valence-electron chi connectivity index (χ1n) is 5.67. The molecule has 1 heterocycles. The van der Waals surface area contributed by atoms with E-state index in [1.165, 1.54) is 0 Å². The largest absolute Gasteiger partial charge is 0.385 e. The Kier molecular flexibility index (Phi) is 6.50. The third kappa shape index (κ3) is 5.60. The number of nitrogens with zero attached hydrogens (tertiary/aromatic N) is 1. The lowest BCUT2D eigenvalue weighted by Crippen LogP contribution is -2.37. The van der Waals surface area contributed by atoms with Gasteiger partial charge in [-0.25, -0.2) is 0 Å². The lowest BCUT2D eigenvalue weighted by atomic mass is 10.1. The molecule has 5 heteroatoms. The first-order chi connectivity index (χ1) is 8.24. The van der Waals surface area contributed by atoms with Gasteiger partial charge in [0.05, 0.1) is 6.04 Å². The van der Waals surface area contributed by atoms with Crippen LogP contribution in [0.4, 0.5) is 0 Å². The van der Waals surface area contributed by atoms with Gasteiger partial charge >= 0.3 is 0 Å². The SMILES string of the molecule is COCCCNC(=S)NC(C)c1cccnc1. The predicted molar refractivity (Wildman–Crippen MR) is 72.9 cm³/mol. The van der Waals surface area contributed by atoms with E-state index in [1.807, 2.05) is 18.3 Å². The topological polar surface area (TPSA) is 46.2 Å². The summed E-state index contributed by atoms with van der Waals surface area (Å²) >= 11 is 5.20. The summed E-state index contributed by atoms with van der Waals surface area (Å²) in [4.78, 5) is 4.08. The molecule has 0 aliphatic rings. The highest BCUT2D eigenvalue weighted by Crippen LogP contribution is 2.08. The summed E-state index contributed by atoms with van der Waals surface area (Å²) in [6.45, 7) is 3.62. The molecule has 0 radical (unpaired) electrons. The van der Waals surface area contributed by atoms with Gasteiger partial charge in [0.25, 0.3) is 0 Å². The maximum atomic E-state index is 5.20. The molecule has 0 spiro atoms. The summed E-state index contributed by atoms with van der Waals surface area (Å²) in [5.74, 6) is 0. The van der Waals surface area contributed by atoms with Crippen molar-refractivity contribution in [2.45, 2.75) is 19.4 Å². The summed E-state index contributed by atoms with van der Waals surface area (Å²) in [7, 11) is 1.70. The normalized spacial score (nSPS) is 11.9. The molecule has 0 aliphatic carbocycles. The van der Waals surface area contributed by atoms with Crippen LogP contribution in [-0.2, 0) is 4.74 Å². The van der Waals surface area contributed by atoms with E-state index in [9.17, 15) is 0 Å². The minimum Gasteiger partial charge on any atom is -0.385 e. The molecule has 1 aromatic heterocycles. The summed E-state index contributed by atoms with van der Waals surface area (Å²) in [5, 5.41) is 7.01. The zero-order chi connectivity index (χ0) is 12.5. The maximum Gasteiger partial charge on any atom is 0.166 e. The minimum atomic E-state index is 0.158. The van der Waals surface area contributed by atoms with Crippen LogP contribution in [0.15, 0.2) is 24.5 Å². The summed E-state index contributed by atoms with van der Waals surface area (Å²) in [6, 6.07) is 4.10. The molecule has 4 nitrogen and oxygen atoms in total. The van der Waals surface area contributed by atoms with E-state index in [2.05, 4.69) is 22.5 Å². The Hall–Kier alpha value is -1.20. The van der Waals surface area contributed by atoms with Gasteiger partial charge in [-0.2, -0.15) is 0 Å². The maximum absolute atomic E-state index is 5.20. The van der Waals surface area contributed by atoms with Gasteiger partial charge in [-0.15, -0.1) is 0 Å². The summed E-state index contributed by atoms with van der Waals surface area (Å²) in [5.41, 5.74) is 1.12. The Labute approximate surface area is 108 Å². The molecule has 1 unspecified atom stereocenters. The van der Waals surface area contributed by atoms with Crippen LogP contribution in [-0.4, -0.2) is 30.4 Å². The predicted octanol–water partition coefficient (Wildman–Crippen LogP) is 1.64. The Morgan fingerprint density at radius 2 is 2.41 bits per heavy atom. The van der Waals surface area contributed by atoms with Gasteiger partial charge in [0, 0.05) is 32.7 Å². The number of nitrogens with one attached hydrogen (secondary N) is 2. The molecule has 94 valence electrons. The van der Waals surface area contributed by atoms with E-state index in [0.29, 0.717) is 5.11 Å². The van der Waals surface area contributed by atoms with Crippen molar-refractivity contribution in [1.82, 2.24) is 15.6 Å². The molecule has 17 heavy (non-hydrogen) atoms. The molecular formula is C12H19N3OS. The molecule has 0 aliphatic heterocycles. The lowest BCUT2D eigenvalue weighted by molar-refractivity contribution is 0.195. The van der Waals surface area contributed by atoms with E-state index >= 15 is 0 Å². The van der Waals surface area contributed by atoms with Crippen molar-refractivity contribution >= 4 is 17.3 Å². The van der Waals surface area contributed by atoms with Gasteiger partial charge in [-0.3, -0.25) is 4.98 Å². The standard InChI is InChI=1S/C12H19N3OS/c1-10(11-5-3-6-13-9-11)15-12(17)14-7-4-8-16-2/h3,5-6,9-10H,4,7-8H2,1-2H3,(H2,14,15,17). The molecule has 0 aromatic carbocycles. The lowest BCUT2D eigenvalue weighted by Gasteiger charge is -2.16. The molecule has 0 fully saturated rings. The molecule has 2 N–H and O–H groups in total. The van der Waals surface area contributed by atoms with Gasteiger partial charge in [-0.1, -0.05) is 6.07 Å². The second-order valence-corrected chi connectivity index (χ2v) is 4.16. The number of pyridine rings is 1. The smallest absolute Gasteiger partial charge is 0.166 e. The van der Waals surface area contributed by atoms with Crippen LogP contribution in [0, 0.1) is 0 Å². The van der Waals surface area contributed by atoms with Crippen molar-refractivity contribution in [1.29, 1.82) is 0 Å². The van der Waals surface area contributed by atoms with E-state index in [-0.39, 0.29) is 6.04 Å². The average Bonchev–Trinajstić information content (AvgIpc) is 2.36. The monoisotopic (exact) mass is 253 g/mol. The third-order valence-electron chi connectivity index (χ3n) is 2.34. The van der Waals surface area contributed by atoms with Crippen LogP contribution < -0.4 is 10.6 Å². The van der Waals surface area contributed by atoms with Crippen molar-refractivity contribution < 1.29 is 4.74 Å². The number of hydrogen-bond acceptors (Lipinski definition) is 3. The Bertz CT molecular complexity index is 332. The highest BCUT2D eigenvalue weighted by Gasteiger charge is 2.05. The highest BCUT2D eigenvalue weighted by molar-refractivity contribution is 7.80.